The van der Waals surface area contributed by atoms with Crippen LogP contribution < -0.4 is 10.1 Å². The van der Waals surface area contributed by atoms with Gasteiger partial charge in [0.15, 0.2) is 0 Å². The van der Waals surface area contributed by atoms with E-state index in [1.165, 1.54) is 0 Å². The van der Waals surface area contributed by atoms with E-state index in [1.54, 1.807) is 24.3 Å². The van der Waals surface area contributed by atoms with Gasteiger partial charge in [-0.25, -0.2) is 4.79 Å². The number of ether oxygens (including phenoxy) is 1. The van der Waals surface area contributed by atoms with Crippen LogP contribution in [-0.4, -0.2) is 56.2 Å². The van der Waals surface area contributed by atoms with Crippen molar-refractivity contribution in [1.29, 1.82) is 0 Å². The number of rotatable bonds is 6. The number of carbonyl (C=O) groups excluding carboxylic acids is 2. The Hall–Kier alpha value is -0.580. The Morgan fingerprint density at radius 3 is 2.44 bits per heavy atom. The van der Waals surface area contributed by atoms with Gasteiger partial charge < -0.3 is 10.1 Å². The van der Waals surface area contributed by atoms with Gasteiger partial charge in [-0.2, -0.15) is 0 Å². The van der Waals surface area contributed by atoms with E-state index < -0.39 is 12.0 Å². The van der Waals surface area contributed by atoms with E-state index in [0.29, 0.717) is 24.5 Å². The molecule has 0 fully saturated rings. The Bertz CT molecular complexity index is 368. The second kappa shape index (κ2) is 9.36. The minimum absolute atomic E-state index is 0. The van der Waals surface area contributed by atoms with E-state index in [9.17, 15) is 9.59 Å². The number of esters is 1. The van der Waals surface area contributed by atoms with E-state index in [4.69, 9.17) is 4.74 Å². The molecule has 1 N–H and O–H groups in total. The van der Waals surface area contributed by atoms with Gasteiger partial charge in [-0.3, -0.25) is 4.79 Å². The van der Waals surface area contributed by atoms with Gasteiger partial charge in [0.1, 0.15) is 11.8 Å². The fourth-order valence-electron chi connectivity index (χ4n) is 1.46. The molecule has 18 heavy (non-hydrogen) atoms. The molecule has 4 nitrogen and oxygen atoms in total. The third kappa shape index (κ3) is 6.38. The molecule has 1 aromatic carbocycles. The molecule has 5 heteroatoms. The van der Waals surface area contributed by atoms with Gasteiger partial charge in [0.05, 0.1) is 0 Å². The number of benzene rings is 1. The van der Waals surface area contributed by atoms with E-state index in [2.05, 4.69) is 5.32 Å². The van der Waals surface area contributed by atoms with Crippen LogP contribution in [-0.2, 0) is 9.59 Å². The first-order chi connectivity index (χ1) is 8.13. The molecule has 0 aromatic heterocycles. The normalized spacial score (nSPS) is 11.3. The molecule has 0 aliphatic heterocycles. The number of para-hydroxylation sites is 1. The summed E-state index contributed by atoms with van der Waals surface area (Å²) in [5, 5.41) is 2.48. The first-order valence-electron chi connectivity index (χ1n) is 5.60. The third-order valence-corrected chi connectivity index (χ3v) is 2.22. The Labute approximate surface area is 137 Å². The molecule has 1 amide bonds. The predicted molar refractivity (Wildman–Crippen MR) is 73.1 cm³/mol. The Balaban J connectivity index is 0.00000289. The van der Waals surface area contributed by atoms with E-state index in [0.717, 1.165) is 0 Å². The average Bonchev–Trinajstić information content (AvgIpc) is 2.29. The summed E-state index contributed by atoms with van der Waals surface area (Å²) in [6, 6.07) is 8.22. The molecule has 1 aromatic rings. The number of hydrogen-bond acceptors (Lipinski definition) is 3. The van der Waals surface area contributed by atoms with Crippen LogP contribution in [0.5, 0.6) is 5.75 Å². The summed E-state index contributed by atoms with van der Waals surface area (Å²) in [6.07, 6.45) is 1.09. The molecule has 96 valence electrons. The van der Waals surface area contributed by atoms with Crippen molar-refractivity contribution in [2.24, 2.45) is 5.92 Å². The second-order valence-corrected chi connectivity index (χ2v) is 4.20. The summed E-state index contributed by atoms with van der Waals surface area (Å²) in [7, 11) is 0. The molecule has 1 rings (SSSR count). The van der Waals surface area contributed by atoms with Crippen molar-refractivity contribution in [3.63, 3.8) is 0 Å². The number of hydrogen-bond donors (Lipinski definition) is 1. The van der Waals surface area contributed by atoms with Crippen molar-refractivity contribution in [3.8, 4) is 5.75 Å². The van der Waals surface area contributed by atoms with Crippen molar-refractivity contribution in [2.75, 3.05) is 0 Å². The van der Waals surface area contributed by atoms with Crippen molar-refractivity contribution < 1.29 is 14.3 Å². The molecule has 0 unspecified atom stereocenters. The fraction of sp³-hybridized carbons (Fsp3) is 0.385. The molecule has 0 bridgehead atoms. The summed E-state index contributed by atoms with van der Waals surface area (Å²) in [5.41, 5.74) is 0. The fourth-order valence-corrected chi connectivity index (χ4v) is 1.46. The maximum absolute atomic E-state index is 11.8. The number of nitrogens with one attached hydrogen (secondary N) is 1. The first-order valence-corrected chi connectivity index (χ1v) is 5.60. The van der Waals surface area contributed by atoms with Crippen molar-refractivity contribution in [1.82, 2.24) is 5.32 Å². The monoisotopic (exact) mass is 277 g/mol. The van der Waals surface area contributed by atoms with Crippen LogP contribution in [0, 0.1) is 5.92 Å². The van der Waals surface area contributed by atoms with Gasteiger partial charge in [-0.05, 0) is 24.5 Å². The van der Waals surface area contributed by atoms with E-state index >= 15 is 0 Å². The quantitative estimate of drug-likeness (QED) is 0.363. The summed E-state index contributed by atoms with van der Waals surface area (Å²) in [6.45, 7) is 3.96. The second-order valence-electron chi connectivity index (χ2n) is 4.20. The van der Waals surface area contributed by atoms with Crippen LogP contribution in [0.25, 0.3) is 0 Å². The Morgan fingerprint density at radius 2 is 1.94 bits per heavy atom. The van der Waals surface area contributed by atoms with Gasteiger partial charge in [0.2, 0.25) is 6.41 Å². The summed E-state index contributed by atoms with van der Waals surface area (Å²) in [4.78, 5) is 22.2. The van der Waals surface area contributed by atoms with Crippen molar-refractivity contribution in [3.05, 3.63) is 30.3 Å². The zero-order valence-electron chi connectivity index (χ0n) is 10.1. The Kier molecular flexibility index (Phi) is 9.06. The van der Waals surface area contributed by atoms with Gasteiger partial charge in [0, 0.05) is 0 Å². The van der Waals surface area contributed by atoms with Crippen LogP contribution in [0.2, 0.25) is 0 Å². The molecule has 0 saturated carbocycles. The molecule has 0 radical (unpaired) electrons. The standard InChI is InChI=1S/C13H17NO3.Ca.2H/c1-10(2)8-12(14-9-15)13(16)17-11-6-4-3-5-7-11;;;/h3-7,9-10,12H,8H2,1-2H3,(H,14,15);;;/t12-;;;/m0.../s1. The summed E-state index contributed by atoms with van der Waals surface area (Å²) in [5.74, 6) is 0.353. The van der Waals surface area contributed by atoms with Gasteiger partial charge >= 0.3 is 43.7 Å². The molecule has 1 atom stereocenters. The topological polar surface area (TPSA) is 55.4 Å². The van der Waals surface area contributed by atoms with Crippen LogP contribution in [0.1, 0.15) is 20.3 Å². The predicted octanol–water partition coefficient (Wildman–Crippen LogP) is 0.836. The molecular weight excluding hydrogens is 258 g/mol. The average molecular weight is 277 g/mol. The van der Waals surface area contributed by atoms with Crippen LogP contribution in [0.15, 0.2) is 30.3 Å². The first kappa shape index (κ1) is 17.4. The summed E-state index contributed by atoms with van der Waals surface area (Å²) >= 11 is 0. The number of carbonyl (C=O) groups is 2. The summed E-state index contributed by atoms with van der Waals surface area (Å²) < 4.78 is 5.17. The zero-order valence-corrected chi connectivity index (χ0v) is 10.1. The molecular formula is C13H19CaNO3. The van der Waals surface area contributed by atoms with Gasteiger partial charge in [0.25, 0.3) is 0 Å². The van der Waals surface area contributed by atoms with Crippen molar-refractivity contribution >= 4 is 50.1 Å². The Morgan fingerprint density at radius 1 is 1.33 bits per heavy atom. The molecule has 0 spiro atoms. The molecule has 0 aliphatic rings. The van der Waals surface area contributed by atoms with Crippen LogP contribution >= 0.6 is 0 Å². The third-order valence-electron chi connectivity index (χ3n) is 2.22. The van der Waals surface area contributed by atoms with Gasteiger partial charge in [-0.15, -0.1) is 0 Å². The van der Waals surface area contributed by atoms with Crippen LogP contribution in [0.3, 0.4) is 0 Å². The van der Waals surface area contributed by atoms with E-state index in [1.807, 2.05) is 19.9 Å². The van der Waals surface area contributed by atoms with Crippen molar-refractivity contribution in [2.45, 2.75) is 26.3 Å². The molecule has 0 aliphatic carbocycles. The minimum atomic E-state index is -0.590. The van der Waals surface area contributed by atoms with Crippen LogP contribution in [0.4, 0.5) is 0 Å². The SMILES string of the molecule is CC(C)C[C@H](NC=O)C(=O)Oc1ccccc1.[CaH2]. The van der Waals surface area contributed by atoms with Gasteiger partial charge in [-0.1, -0.05) is 32.0 Å². The van der Waals surface area contributed by atoms with E-state index in [-0.39, 0.29) is 37.7 Å². The maximum atomic E-state index is 11.8. The molecule has 0 heterocycles. The molecule has 0 saturated heterocycles. The zero-order chi connectivity index (χ0) is 12.7. The number of amides is 1.